The quantitative estimate of drug-likeness (QED) is 0.173. The Morgan fingerprint density at radius 2 is 0.922 bits per heavy atom. The van der Waals surface area contributed by atoms with Crippen molar-refractivity contribution in [1.82, 2.24) is 19.9 Å². The van der Waals surface area contributed by atoms with E-state index in [0.29, 0.717) is 17.5 Å². The third-order valence-electron chi connectivity index (χ3n) is 9.54. The van der Waals surface area contributed by atoms with Gasteiger partial charge in [-0.2, -0.15) is 0 Å². The van der Waals surface area contributed by atoms with Gasteiger partial charge in [0.2, 0.25) is 0 Å². The van der Waals surface area contributed by atoms with E-state index in [1.165, 1.54) is 5.39 Å². The molecule has 0 amide bonds. The molecule has 10 rings (SSSR count). The second-order valence-corrected chi connectivity index (χ2v) is 12.6. The molecule has 3 aromatic heterocycles. The fraction of sp³-hybridized carbons (Fsp3) is 0. The molecule has 3 heterocycles. The van der Waals surface area contributed by atoms with Crippen molar-refractivity contribution in [2.45, 2.75) is 0 Å². The van der Waals surface area contributed by atoms with Crippen molar-refractivity contribution in [3.8, 4) is 56.5 Å². The van der Waals surface area contributed by atoms with Gasteiger partial charge in [-0.05, 0) is 34.7 Å². The van der Waals surface area contributed by atoms with Crippen LogP contribution in [0.25, 0.3) is 100 Å². The molecule has 0 aliphatic carbocycles. The predicted molar refractivity (Wildman–Crippen MR) is 207 cm³/mol. The third-order valence-corrected chi connectivity index (χ3v) is 9.54. The van der Waals surface area contributed by atoms with E-state index in [-0.39, 0.29) is 0 Å². The second kappa shape index (κ2) is 11.9. The zero-order valence-corrected chi connectivity index (χ0v) is 27.4. The van der Waals surface area contributed by atoms with E-state index >= 15 is 0 Å². The summed E-state index contributed by atoms with van der Waals surface area (Å²) in [6, 6.07) is 58.0. The number of para-hydroxylation sites is 1. The van der Waals surface area contributed by atoms with Gasteiger partial charge in [0.1, 0.15) is 11.2 Å². The lowest BCUT2D eigenvalue weighted by atomic mass is 10.0. The van der Waals surface area contributed by atoms with Crippen LogP contribution < -0.4 is 0 Å². The van der Waals surface area contributed by atoms with Crippen LogP contribution in [0.2, 0.25) is 0 Å². The molecule has 0 aliphatic heterocycles. The molecule has 0 bridgehead atoms. The smallest absolute Gasteiger partial charge is 0.164 e. The van der Waals surface area contributed by atoms with E-state index in [0.717, 1.165) is 77.3 Å². The van der Waals surface area contributed by atoms with Crippen molar-refractivity contribution < 1.29 is 4.42 Å². The molecular weight excluding hydrogens is 625 g/mol. The highest BCUT2D eigenvalue weighted by molar-refractivity contribution is 6.15. The second-order valence-electron chi connectivity index (χ2n) is 12.6. The molecule has 238 valence electrons. The Balaban J connectivity index is 1.15. The average molecular weight is 653 g/mol. The summed E-state index contributed by atoms with van der Waals surface area (Å²) in [6.07, 6.45) is 0. The van der Waals surface area contributed by atoms with Gasteiger partial charge in [-0.25, -0.2) is 19.9 Å². The summed E-state index contributed by atoms with van der Waals surface area (Å²) in [5, 5.41) is 5.33. The fourth-order valence-electron chi connectivity index (χ4n) is 7.03. The van der Waals surface area contributed by atoms with Gasteiger partial charge in [0.15, 0.2) is 17.5 Å². The van der Waals surface area contributed by atoms with Crippen LogP contribution in [0.5, 0.6) is 0 Å². The predicted octanol–water partition coefficient (Wildman–Crippen LogP) is 11.8. The number of rotatable bonds is 5. The maximum Gasteiger partial charge on any atom is 0.164 e. The average Bonchev–Trinajstić information content (AvgIpc) is 3.60. The largest absolute Gasteiger partial charge is 0.455 e. The molecular formula is C46H28N4O. The molecule has 5 heteroatoms. The van der Waals surface area contributed by atoms with Gasteiger partial charge in [-0.1, -0.05) is 152 Å². The van der Waals surface area contributed by atoms with Crippen LogP contribution in [-0.4, -0.2) is 19.9 Å². The van der Waals surface area contributed by atoms with Crippen LogP contribution in [0.1, 0.15) is 0 Å². The van der Waals surface area contributed by atoms with Gasteiger partial charge in [0.05, 0.1) is 11.2 Å². The Labute approximate surface area is 293 Å². The number of benzene rings is 7. The zero-order valence-electron chi connectivity index (χ0n) is 27.4. The maximum atomic E-state index is 6.67. The molecule has 0 fully saturated rings. The van der Waals surface area contributed by atoms with Crippen molar-refractivity contribution in [1.29, 1.82) is 0 Å². The molecule has 0 N–H and O–H groups in total. The molecule has 0 saturated heterocycles. The summed E-state index contributed by atoms with van der Waals surface area (Å²) in [5.74, 6) is 1.80. The summed E-state index contributed by atoms with van der Waals surface area (Å²) in [4.78, 5) is 20.3. The van der Waals surface area contributed by atoms with E-state index in [1.54, 1.807) is 0 Å². The number of pyridine rings is 1. The lowest BCUT2D eigenvalue weighted by Crippen LogP contribution is -2.00. The molecule has 0 atom stereocenters. The Morgan fingerprint density at radius 3 is 1.73 bits per heavy atom. The molecule has 0 spiro atoms. The van der Waals surface area contributed by atoms with Crippen molar-refractivity contribution >= 4 is 43.6 Å². The topological polar surface area (TPSA) is 64.7 Å². The highest BCUT2D eigenvalue weighted by atomic mass is 16.3. The number of aromatic nitrogens is 4. The van der Waals surface area contributed by atoms with Crippen LogP contribution in [0.4, 0.5) is 0 Å². The first kappa shape index (κ1) is 29.0. The van der Waals surface area contributed by atoms with E-state index in [4.69, 9.17) is 24.4 Å². The SMILES string of the molecule is c1ccc(-c2ccc(-c3nc(-c4ccccc4)nc(-c4cccc5oc6c(-c7ccc8ccc9ccccc9c8n7)cccc6c45)n3)cc2)cc1. The number of nitrogens with zero attached hydrogens (tertiary/aromatic N) is 4. The maximum absolute atomic E-state index is 6.67. The van der Waals surface area contributed by atoms with E-state index in [2.05, 4.69) is 121 Å². The first-order valence-electron chi connectivity index (χ1n) is 17.0. The van der Waals surface area contributed by atoms with Crippen molar-refractivity contribution in [2.75, 3.05) is 0 Å². The van der Waals surface area contributed by atoms with Crippen molar-refractivity contribution in [3.63, 3.8) is 0 Å². The molecule has 7 aromatic carbocycles. The first-order chi connectivity index (χ1) is 25.3. The summed E-state index contributed by atoms with van der Waals surface area (Å²) >= 11 is 0. The minimum absolute atomic E-state index is 0.583. The minimum atomic E-state index is 0.583. The number of hydrogen-bond donors (Lipinski definition) is 0. The Kier molecular flexibility index (Phi) is 6.74. The first-order valence-corrected chi connectivity index (χ1v) is 17.0. The normalized spacial score (nSPS) is 11.5. The standard InChI is InChI=1S/C46H28N4O/c1-3-11-29(12-4-1)30-21-25-34(26-22-30)45-48-44(33-14-5-2-6-15-33)49-46(50-45)38-19-10-20-40-41(38)37-18-9-17-36(43(37)51-40)39-28-27-32-24-23-31-13-7-8-16-35(31)42(32)47-39/h1-28H. The van der Waals surface area contributed by atoms with Crippen LogP contribution >= 0.6 is 0 Å². The molecule has 0 aliphatic rings. The highest BCUT2D eigenvalue weighted by Gasteiger charge is 2.20. The van der Waals surface area contributed by atoms with Crippen LogP contribution in [0.3, 0.4) is 0 Å². The van der Waals surface area contributed by atoms with Crippen LogP contribution in [0.15, 0.2) is 174 Å². The Morgan fingerprint density at radius 1 is 0.353 bits per heavy atom. The molecule has 0 unspecified atom stereocenters. The highest BCUT2D eigenvalue weighted by Crippen LogP contribution is 2.40. The van der Waals surface area contributed by atoms with Gasteiger partial charge in [0, 0.05) is 43.8 Å². The summed E-state index contributed by atoms with van der Waals surface area (Å²) in [7, 11) is 0. The van der Waals surface area contributed by atoms with Crippen LogP contribution in [-0.2, 0) is 0 Å². The van der Waals surface area contributed by atoms with Crippen molar-refractivity contribution in [2.24, 2.45) is 0 Å². The van der Waals surface area contributed by atoms with Gasteiger partial charge in [-0.15, -0.1) is 0 Å². The number of fused-ring (bicyclic) bond motifs is 6. The van der Waals surface area contributed by atoms with E-state index < -0.39 is 0 Å². The summed E-state index contributed by atoms with van der Waals surface area (Å²) in [6.45, 7) is 0. The number of furan rings is 1. The van der Waals surface area contributed by atoms with Gasteiger partial charge in [-0.3, -0.25) is 0 Å². The lowest BCUT2D eigenvalue weighted by molar-refractivity contribution is 0.670. The fourth-order valence-corrected chi connectivity index (χ4v) is 7.03. The molecule has 10 aromatic rings. The molecule has 0 saturated carbocycles. The van der Waals surface area contributed by atoms with Crippen LogP contribution in [0, 0.1) is 0 Å². The zero-order chi connectivity index (χ0) is 33.7. The summed E-state index contributed by atoms with van der Waals surface area (Å²) < 4.78 is 6.67. The van der Waals surface area contributed by atoms with Gasteiger partial charge >= 0.3 is 0 Å². The molecule has 51 heavy (non-hydrogen) atoms. The monoisotopic (exact) mass is 652 g/mol. The third kappa shape index (κ3) is 5.03. The van der Waals surface area contributed by atoms with Crippen molar-refractivity contribution in [3.05, 3.63) is 170 Å². The molecule has 5 nitrogen and oxygen atoms in total. The van der Waals surface area contributed by atoms with Gasteiger partial charge < -0.3 is 4.42 Å². The van der Waals surface area contributed by atoms with E-state index in [9.17, 15) is 0 Å². The lowest BCUT2D eigenvalue weighted by Gasteiger charge is -2.10. The number of hydrogen-bond acceptors (Lipinski definition) is 5. The Bertz CT molecular complexity index is 2900. The molecule has 0 radical (unpaired) electrons. The summed E-state index contributed by atoms with van der Waals surface area (Å²) in [5.41, 5.74) is 9.32. The minimum Gasteiger partial charge on any atom is -0.455 e. The van der Waals surface area contributed by atoms with E-state index in [1.807, 2.05) is 48.5 Å². The van der Waals surface area contributed by atoms with Gasteiger partial charge in [0.25, 0.3) is 0 Å². The Hall–Kier alpha value is -6.98.